The molecule has 0 aliphatic heterocycles. The predicted molar refractivity (Wildman–Crippen MR) is 65.7 cm³/mol. The zero-order valence-corrected chi connectivity index (χ0v) is 11.7. The number of aromatic amines is 1. The second-order valence-corrected chi connectivity index (χ2v) is 4.88. The fraction of sp³-hybridized carbons (Fsp3) is 0.333. The second kappa shape index (κ2) is 5.11. The van der Waals surface area contributed by atoms with Crippen LogP contribution in [0.3, 0.4) is 0 Å². The zero-order valence-electron chi connectivity index (χ0n) is 8.50. The Morgan fingerprint density at radius 1 is 1.56 bits per heavy atom. The molecule has 2 rings (SSSR count). The van der Waals surface area contributed by atoms with Crippen LogP contribution in [0.25, 0.3) is 0 Å². The SMILES string of the molecule is CC(NCc1cc(Br)c(Br)o1)c1ncn[nH]1. The van der Waals surface area contributed by atoms with Crippen LogP contribution in [-0.2, 0) is 6.54 Å². The van der Waals surface area contributed by atoms with E-state index >= 15 is 0 Å². The third kappa shape index (κ3) is 2.72. The molecule has 2 N–H and O–H groups in total. The van der Waals surface area contributed by atoms with Gasteiger partial charge in [0.1, 0.15) is 17.9 Å². The Balaban J connectivity index is 1.92. The maximum Gasteiger partial charge on any atom is 0.183 e. The summed E-state index contributed by atoms with van der Waals surface area (Å²) < 4.78 is 7.06. The molecule has 2 aromatic rings. The highest BCUT2D eigenvalue weighted by Crippen LogP contribution is 2.26. The standard InChI is InChI=1S/C9H10Br2N4O/c1-5(9-13-4-14-15-9)12-3-6-2-7(10)8(11)16-6/h2,4-5,12H,3H2,1H3,(H,13,14,15). The smallest absolute Gasteiger partial charge is 0.183 e. The Morgan fingerprint density at radius 2 is 2.38 bits per heavy atom. The third-order valence-electron chi connectivity index (χ3n) is 2.12. The first-order valence-electron chi connectivity index (χ1n) is 4.69. The molecule has 1 unspecified atom stereocenters. The van der Waals surface area contributed by atoms with Gasteiger partial charge in [-0.15, -0.1) is 0 Å². The zero-order chi connectivity index (χ0) is 11.5. The lowest BCUT2D eigenvalue weighted by Gasteiger charge is -2.08. The summed E-state index contributed by atoms with van der Waals surface area (Å²) in [5, 5.41) is 9.89. The van der Waals surface area contributed by atoms with Gasteiger partial charge in [-0.1, -0.05) is 0 Å². The highest BCUT2D eigenvalue weighted by molar-refractivity contribution is 9.13. The molecule has 0 fully saturated rings. The summed E-state index contributed by atoms with van der Waals surface area (Å²) in [7, 11) is 0. The van der Waals surface area contributed by atoms with Crippen molar-refractivity contribution in [1.82, 2.24) is 20.5 Å². The van der Waals surface area contributed by atoms with Crippen LogP contribution in [-0.4, -0.2) is 15.2 Å². The quantitative estimate of drug-likeness (QED) is 0.890. The van der Waals surface area contributed by atoms with Crippen LogP contribution >= 0.6 is 31.9 Å². The first-order chi connectivity index (χ1) is 7.66. The monoisotopic (exact) mass is 348 g/mol. The lowest BCUT2D eigenvalue weighted by atomic mass is 10.3. The van der Waals surface area contributed by atoms with Crippen molar-refractivity contribution < 1.29 is 4.42 Å². The molecule has 1 atom stereocenters. The molecule has 0 radical (unpaired) electrons. The molecule has 5 nitrogen and oxygen atoms in total. The summed E-state index contributed by atoms with van der Waals surface area (Å²) in [6.07, 6.45) is 1.49. The third-order valence-corrected chi connectivity index (χ3v) is 3.83. The first-order valence-corrected chi connectivity index (χ1v) is 6.27. The van der Waals surface area contributed by atoms with Gasteiger partial charge in [-0.05, 0) is 44.8 Å². The molecule has 0 aliphatic carbocycles. The fourth-order valence-electron chi connectivity index (χ4n) is 1.25. The molecule has 0 bridgehead atoms. The molecule has 0 spiro atoms. The van der Waals surface area contributed by atoms with E-state index < -0.39 is 0 Å². The number of H-pyrrole nitrogens is 1. The van der Waals surface area contributed by atoms with E-state index in [0.717, 1.165) is 16.1 Å². The van der Waals surface area contributed by atoms with Gasteiger partial charge in [0.05, 0.1) is 17.1 Å². The average Bonchev–Trinajstić information content (AvgIpc) is 2.86. The Morgan fingerprint density at radius 3 is 2.94 bits per heavy atom. The summed E-state index contributed by atoms with van der Waals surface area (Å²) in [4.78, 5) is 4.07. The van der Waals surface area contributed by atoms with Crippen molar-refractivity contribution in [1.29, 1.82) is 0 Å². The van der Waals surface area contributed by atoms with E-state index in [1.54, 1.807) is 0 Å². The molecule has 0 aromatic carbocycles. The molecule has 7 heteroatoms. The Kier molecular flexibility index (Phi) is 3.78. The highest BCUT2D eigenvalue weighted by Gasteiger charge is 2.10. The van der Waals surface area contributed by atoms with Crippen molar-refractivity contribution in [2.24, 2.45) is 0 Å². The van der Waals surface area contributed by atoms with E-state index in [4.69, 9.17) is 4.42 Å². The number of nitrogens with one attached hydrogen (secondary N) is 2. The van der Waals surface area contributed by atoms with Crippen molar-refractivity contribution in [3.63, 3.8) is 0 Å². The van der Waals surface area contributed by atoms with Gasteiger partial charge in [-0.25, -0.2) is 4.98 Å². The maximum atomic E-state index is 5.44. The number of furan rings is 1. The Labute approximate surface area is 109 Å². The van der Waals surface area contributed by atoms with Gasteiger partial charge in [-0.3, -0.25) is 5.10 Å². The summed E-state index contributed by atoms with van der Waals surface area (Å²) in [5.41, 5.74) is 0. The number of hydrogen-bond acceptors (Lipinski definition) is 4. The van der Waals surface area contributed by atoms with E-state index in [0.29, 0.717) is 11.2 Å². The van der Waals surface area contributed by atoms with Crippen LogP contribution in [0.2, 0.25) is 0 Å². The van der Waals surface area contributed by atoms with Crippen LogP contribution in [0.5, 0.6) is 0 Å². The summed E-state index contributed by atoms with van der Waals surface area (Å²) in [5.74, 6) is 1.66. The second-order valence-electron chi connectivity index (χ2n) is 3.31. The molecule has 16 heavy (non-hydrogen) atoms. The van der Waals surface area contributed by atoms with Crippen LogP contribution in [0.15, 0.2) is 26.0 Å². The normalized spacial score (nSPS) is 12.9. The minimum Gasteiger partial charge on any atom is -0.452 e. The summed E-state index contributed by atoms with van der Waals surface area (Å²) >= 11 is 6.66. The number of aromatic nitrogens is 3. The summed E-state index contributed by atoms with van der Waals surface area (Å²) in [6, 6.07) is 2.02. The van der Waals surface area contributed by atoms with Crippen molar-refractivity contribution >= 4 is 31.9 Å². The van der Waals surface area contributed by atoms with Crippen LogP contribution < -0.4 is 5.32 Å². The van der Waals surface area contributed by atoms with Crippen molar-refractivity contribution in [2.45, 2.75) is 19.5 Å². The van der Waals surface area contributed by atoms with Gasteiger partial charge < -0.3 is 9.73 Å². The van der Waals surface area contributed by atoms with Gasteiger partial charge in [0.25, 0.3) is 0 Å². The molecular formula is C9H10Br2N4O. The lowest BCUT2D eigenvalue weighted by molar-refractivity contribution is 0.441. The van der Waals surface area contributed by atoms with Gasteiger partial charge in [0.2, 0.25) is 0 Å². The molecule has 0 amide bonds. The Hall–Kier alpha value is -0.660. The van der Waals surface area contributed by atoms with Crippen LogP contribution in [0.1, 0.15) is 24.6 Å². The molecule has 2 heterocycles. The van der Waals surface area contributed by atoms with E-state index in [1.807, 2.05) is 13.0 Å². The molecular weight excluding hydrogens is 340 g/mol. The minimum absolute atomic E-state index is 0.102. The summed E-state index contributed by atoms with van der Waals surface area (Å²) in [6.45, 7) is 2.64. The first kappa shape index (κ1) is 11.8. The number of hydrogen-bond donors (Lipinski definition) is 2. The molecule has 86 valence electrons. The van der Waals surface area contributed by atoms with Crippen LogP contribution in [0, 0.1) is 0 Å². The van der Waals surface area contributed by atoms with Crippen LogP contribution in [0.4, 0.5) is 0 Å². The van der Waals surface area contributed by atoms with Gasteiger partial charge >= 0.3 is 0 Å². The van der Waals surface area contributed by atoms with Crippen molar-refractivity contribution in [3.05, 3.63) is 33.1 Å². The van der Waals surface area contributed by atoms with Crippen molar-refractivity contribution in [3.8, 4) is 0 Å². The number of halogens is 2. The fourth-order valence-corrected chi connectivity index (χ4v) is 1.91. The number of rotatable bonds is 4. The lowest BCUT2D eigenvalue weighted by Crippen LogP contribution is -2.18. The van der Waals surface area contributed by atoms with E-state index in [9.17, 15) is 0 Å². The van der Waals surface area contributed by atoms with E-state index in [2.05, 4.69) is 52.4 Å². The van der Waals surface area contributed by atoms with Gasteiger partial charge in [0.15, 0.2) is 4.67 Å². The largest absolute Gasteiger partial charge is 0.452 e. The maximum absolute atomic E-state index is 5.44. The van der Waals surface area contributed by atoms with Crippen molar-refractivity contribution in [2.75, 3.05) is 0 Å². The molecule has 2 aromatic heterocycles. The Bertz CT molecular complexity index is 435. The molecule has 0 aliphatic rings. The average molecular weight is 350 g/mol. The van der Waals surface area contributed by atoms with Gasteiger partial charge in [0, 0.05) is 0 Å². The predicted octanol–water partition coefficient (Wildman–Crippen LogP) is 2.77. The number of nitrogens with zero attached hydrogens (tertiary/aromatic N) is 2. The van der Waals surface area contributed by atoms with E-state index in [1.165, 1.54) is 6.33 Å². The molecule has 0 saturated heterocycles. The van der Waals surface area contributed by atoms with E-state index in [-0.39, 0.29) is 6.04 Å². The minimum atomic E-state index is 0.102. The topological polar surface area (TPSA) is 66.7 Å². The highest BCUT2D eigenvalue weighted by atomic mass is 79.9. The van der Waals surface area contributed by atoms with Gasteiger partial charge in [-0.2, -0.15) is 5.10 Å². The molecule has 0 saturated carbocycles.